The second kappa shape index (κ2) is 5.48. The maximum absolute atomic E-state index is 12.1. The molecule has 2 N–H and O–H groups in total. The maximum Gasteiger partial charge on any atom is 0.340 e. The Labute approximate surface area is 123 Å². The van der Waals surface area contributed by atoms with Crippen LogP contribution in [0, 0.1) is 6.92 Å². The summed E-state index contributed by atoms with van der Waals surface area (Å²) in [7, 11) is 0. The zero-order chi connectivity index (χ0) is 14.8. The van der Waals surface area contributed by atoms with Crippen LogP contribution in [0.1, 0.15) is 21.5 Å². The van der Waals surface area contributed by atoms with Crippen LogP contribution in [-0.4, -0.2) is 18.7 Å². The average molecular weight is 283 g/mol. The minimum absolute atomic E-state index is 0.127. The van der Waals surface area contributed by atoms with E-state index in [0.717, 1.165) is 23.3 Å². The molecule has 1 aliphatic rings. The molecule has 0 saturated heterocycles. The van der Waals surface area contributed by atoms with Crippen molar-refractivity contribution in [2.75, 3.05) is 12.3 Å². The number of rotatable bonds is 3. The van der Waals surface area contributed by atoms with Gasteiger partial charge in [0, 0.05) is 12.1 Å². The van der Waals surface area contributed by atoms with E-state index in [1.807, 2.05) is 37.3 Å². The van der Waals surface area contributed by atoms with E-state index in [1.165, 1.54) is 0 Å². The molecule has 3 rings (SSSR count). The predicted molar refractivity (Wildman–Crippen MR) is 80.4 cm³/mol. The third-order valence-electron chi connectivity index (χ3n) is 3.66. The van der Waals surface area contributed by atoms with Crippen molar-refractivity contribution in [2.24, 2.45) is 0 Å². The van der Waals surface area contributed by atoms with Crippen LogP contribution in [0.4, 0.5) is 5.69 Å². The molecular weight excluding hydrogens is 266 g/mol. The number of esters is 1. The lowest BCUT2D eigenvalue weighted by Gasteiger charge is -2.12. The molecule has 1 heterocycles. The SMILES string of the molecule is Cc1cccc(C(=O)OCC2Cc3ccccc3O2)c1N. The average Bonchev–Trinajstić information content (AvgIpc) is 2.90. The first-order valence-electron chi connectivity index (χ1n) is 6.92. The van der Waals surface area contributed by atoms with Crippen molar-refractivity contribution in [2.45, 2.75) is 19.4 Å². The minimum atomic E-state index is -0.407. The van der Waals surface area contributed by atoms with Gasteiger partial charge in [-0.25, -0.2) is 4.79 Å². The number of anilines is 1. The molecule has 1 unspecified atom stereocenters. The molecular formula is C17H17NO3. The second-order valence-corrected chi connectivity index (χ2v) is 5.19. The van der Waals surface area contributed by atoms with Gasteiger partial charge in [-0.15, -0.1) is 0 Å². The molecule has 21 heavy (non-hydrogen) atoms. The summed E-state index contributed by atoms with van der Waals surface area (Å²) >= 11 is 0. The summed E-state index contributed by atoms with van der Waals surface area (Å²) in [5.41, 5.74) is 8.80. The summed E-state index contributed by atoms with van der Waals surface area (Å²) in [6.07, 6.45) is 0.629. The van der Waals surface area contributed by atoms with E-state index in [4.69, 9.17) is 15.2 Å². The third-order valence-corrected chi connectivity index (χ3v) is 3.66. The van der Waals surface area contributed by atoms with Crippen LogP contribution in [-0.2, 0) is 11.2 Å². The van der Waals surface area contributed by atoms with Crippen LogP contribution in [0.15, 0.2) is 42.5 Å². The number of carbonyl (C=O) groups is 1. The van der Waals surface area contributed by atoms with Crippen LogP contribution in [0.2, 0.25) is 0 Å². The molecule has 4 heteroatoms. The summed E-state index contributed by atoms with van der Waals surface area (Å²) in [5.74, 6) is 0.462. The molecule has 0 aromatic heterocycles. The molecule has 1 aliphatic heterocycles. The zero-order valence-electron chi connectivity index (χ0n) is 11.8. The van der Waals surface area contributed by atoms with Gasteiger partial charge in [0.25, 0.3) is 0 Å². The number of para-hydroxylation sites is 2. The van der Waals surface area contributed by atoms with E-state index in [0.29, 0.717) is 11.3 Å². The van der Waals surface area contributed by atoms with Gasteiger partial charge in [0.15, 0.2) is 0 Å². The molecule has 0 saturated carbocycles. The molecule has 2 aromatic rings. The molecule has 108 valence electrons. The van der Waals surface area contributed by atoms with E-state index in [2.05, 4.69) is 0 Å². The Kier molecular flexibility index (Phi) is 3.52. The van der Waals surface area contributed by atoms with E-state index in [9.17, 15) is 4.79 Å². The number of nitrogen functional groups attached to an aromatic ring is 1. The molecule has 0 aliphatic carbocycles. The normalized spacial score (nSPS) is 16.1. The smallest absolute Gasteiger partial charge is 0.340 e. The number of benzene rings is 2. The Morgan fingerprint density at radius 1 is 1.29 bits per heavy atom. The molecule has 0 radical (unpaired) electrons. The first-order chi connectivity index (χ1) is 10.1. The molecule has 4 nitrogen and oxygen atoms in total. The van der Waals surface area contributed by atoms with Gasteiger partial charge in [-0.1, -0.05) is 30.3 Å². The first-order valence-corrected chi connectivity index (χ1v) is 6.92. The van der Waals surface area contributed by atoms with Crippen LogP contribution in [0.5, 0.6) is 5.75 Å². The van der Waals surface area contributed by atoms with Crippen molar-refractivity contribution in [3.05, 3.63) is 59.2 Å². The molecule has 0 spiro atoms. The highest BCUT2D eigenvalue weighted by atomic mass is 16.6. The van der Waals surface area contributed by atoms with Crippen LogP contribution in [0.3, 0.4) is 0 Å². The summed E-state index contributed by atoms with van der Waals surface area (Å²) in [4.78, 5) is 12.1. The van der Waals surface area contributed by atoms with Crippen molar-refractivity contribution in [1.29, 1.82) is 0 Å². The van der Waals surface area contributed by atoms with Crippen molar-refractivity contribution < 1.29 is 14.3 Å². The van der Waals surface area contributed by atoms with Crippen LogP contribution in [0.25, 0.3) is 0 Å². The number of hydrogen-bond donors (Lipinski definition) is 1. The lowest BCUT2D eigenvalue weighted by atomic mass is 10.1. The molecule has 0 bridgehead atoms. The van der Waals surface area contributed by atoms with Crippen molar-refractivity contribution in [3.63, 3.8) is 0 Å². The highest BCUT2D eigenvalue weighted by Crippen LogP contribution is 2.28. The van der Waals surface area contributed by atoms with E-state index < -0.39 is 5.97 Å². The highest BCUT2D eigenvalue weighted by molar-refractivity contribution is 5.95. The number of ether oxygens (including phenoxy) is 2. The van der Waals surface area contributed by atoms with E-state index >= 15 is 0 Å². The van der Waals surface area contributed by atoms with Gasteiger partial charge in [-0.2, -0.15) is 0 Å². The fraction of sp³-hybridized carbons (Fsp3) is 0.235. The molecule has 1 atom stereocenters. The summed E-state index contributed by atoms with van der Waals surface area (Å²) < 4.78 is 11.1. The Morgan fingerprint density at radius 2 is 2.10 bits per heavy atom. The monoisotopic (exact) mass is 283 g/mol. The Morgan fingerprint density at radius 3 is 2.90 bits per heavy atom. The summed E-state index contributed by atoms with van der Waals surface area (Å²) in [6.45, 7) is 2.09. The van der Waals surface area contributed by atoms with Crippen LogP contribution < -0.4 is 10.5 Å². The standard InChI is InChI=1S/C17H17NO3/c1-11-5-4-7-14(16(11)18)17(19)20-10-13-9-12-6-2-3-8-15(12)21-13/h2-8,13H,9-10,18H2,1H3. The predicted octanol–water partition coefficient (Wildman–Crippen LogP) is 2.74. The Hall–Kier alpha value is -2.49. The number of nitrogens with two attached hydrogens (primary N) is 1. The number of hydrogen-bond acceptors (Lipinski definition) is 4. The van der Waals surface area contributed by atoms with Gasteiger partial charge < -0.3 is 15.2 Å². The topological polar surface area (TPSA) is 61.5 Å². The Balaban J connectivity index is 1.62. The number of carbonyl (C=O) groups excluding carboxylic acids is 1. The fourth-order valence-corrected chi connectivity index (χ4v) is 2.45. The van der Waals surface area contributed by atoms with Gasteiger partial charge in [-0.3, -0.25) is 0 Å². The van der Waals surface area contributed by atoms with Gasteiger partial charge in [0.1, 0.15) is 18.5 Å². The summed E-state index contributed by atoms with van der Waals surface area (Å²) in [6, 6.07) is 13.2. The second-order valence-electron chi connectivity index (χ2n) is 5.19. The first kappa shape index (κ1) is 13.5. The maximum atomic E-state index is 12.1. The van der Waals surface area contributed by atoms with E-state index in [1.54, 1.807) is 12.1 Å². The largest absolute Gasteiger partial charge is 0.486 e. The van der Waals surface area contributed by atoms with Gasteiger partial charge >= 0.3 is 5.97 Å². The fourth-order valence-electron chi connectivity index (χ4n) is 2.45. The van der Waals surface area contributed by atoms with Crippen molar-refractivity contribution in [1.82, 2.24) is 0 Å². The zero-order valence-corrected chi connectivity index (χ0v) is 11.8. The molecule has 0 amide bonds. The third kappa shape index (κ3) is 2.70. The number of aryl methyl sites for hydroxylation is 1. The highest BCUT2D eigenvalue weighted by Gasteiger charge is 2.24. The van der Waals surface area contributed by atoms with Gasteiger partial charge in [0.2, 0.25) is 0 Å². The van der Waals surface area contributed by atoms with E-state index in [-0.39, 0.29) is 12.7 Å². The van der Waals surface area contributed by atoms with Gasteiger partial charge in [0.05, 0.1) is 5.56 Å². The molecule has 2 aromatic carbocycles. The minimum Gasteiger partial charge on any atom is -0.486 e. The lowest BCUT2D eigenvalue weighted by Crippen LogP contribution is -2.23. The summed E-state index contributed by atoms with van der Waals surface area (Å²) in [5, 5.41) is 0. The van der Waals surface area contributed by atoms with Crippen molar-refractivity contribution >= 4 is 11.7 Å². The Bertz CT molecular complexity index is 656. The lowest BCUT2D eigenvalue weighted by molar-refractivity contribution is 0.0348. The van der Waals surface area contributed by atoms with Crippen LogP contribution >= 0.6 is 0 Å². The van der Waals surface area contributed by atoms with Gasteiger partial charge in [-0.05, 0) is 30.2 Å². The van der Waals surface area contributed by atoms with Crippen molar-refractivity contribution in [3.8, 4) is 5.75 Å². The molecule has 0 fully saturated rings. The quantitative estimate of drug-likeness (QED) is 0.695. The number of fused-ring (bicyclic) bond motifs is 1.